The standard InChI is InChI=1S/C21H27NO2/c1-5-8-18-13-17(14-20(23-4)21(18)24-11-6-2)15-22-19-10-7-9-16(3)12-19/h5,7,9-10,12-14,22H,1,6,8,11,15H2,2-4H3. The lowest BCUT2D eigenvalue weighted by Gasteiger charge is -2.17. The molecule has 0 spiro atoms. The van der Waals surface area contributed by atoms with Crippen LogP contribution in [0.15, 0.2) is 49.1 Å². The Kier molecular flexibility index (Phi) is 6.74. The van der Waals surface area contributed by atoms with Crippen LogP contribution in [0.2, 0.25) is 0 Å². The van der Waals surface area contributed by atoms with E-state index in [9.17, 15) is 0 Å². The van der Waals surface area contributed by atoms with E-state index >= 15 is 0 Å². The van der Waals surface area contributed by atoms with Gasteiger partial charge >= 0.3 is 0 Å². The Bertz CT molecular complexity index is 680. The van der Waals surface area contributed by atoms with Gasteiger partial charge in [0.05, 0.1) is 13.7 Å². The lowest BCUT2D eigenvalue weighted by Crippen LogP contribution is -2.05. The summed E-state index contributed by atoms with van der Waals surface area (Å²) in [7, 11) is 1.68. The summed E-state index contributed by atoms with van der Waals surface area (Å²) in [6, 6.07) is 12.6. The van der Waals surface area contributed by atoms with Gasteiger partial charge in [0.1, 0.15) is 0 Å². The maximum atomic E-state index is 5.90. The first kappa shape index (κ1) is 17.9. The quantitative estimate of drug-likeness (QED) is 0.648. The Hall–Kier alpha value is -2.42. The molecule has 0 aliphatic heterocycles. The Morgan fingerprint density at radius 1 is 1.21 bits per heavy atom. The third kappa shape index (κ3) is 4.79. The summed E-state index contributed by atoms with van der Waals surface area (Å²) in [5.41, 5.74) is 4.63. The molecule has 3 nitrogen and oxygen atoms in total. The van der Waals surface area contributed by atoms with Crippen molar-refractivity contribution in [3.05, 3.63) is 65.7 Å². The number of anilines is 1. The van der Waals surface area contributed by atoms with Crippen LogP contribution in [-0.2, 0) is 13.0 Å². The normalized spacial score (nSPS) is 10.3. The van der Waals surface area contributed by atoms with Crippen LogP contribution in [0.25, 0.3) is 0 Å². The number of hydrogen-bond acceptors (Lipinski definition) is 3. The molecule has 0 heterocycles. The fraction of sp³-hybridized carbons (Fsp3) is 0.333. The minimum atomic E-state index is 0.682. The molecule has 0 saturated carbocycles. The highest BCUT2D eigenvalue weighted by Gasteiger charge is 2.12. The van der Waals surface area contributed by atoms with Crippen LogP contribution in [0.3, 0.4) is 0 Å². The lowest BCUT2D eigenvalue weighted by molar-refractivity contribution is 0.291. The molecular formula is C21H27NO2. The Balaban J connectivity index is 2.23. The fourth-order valence-corrected chi connectivity index (χ4v) is 2.61. The topological polar surface area (TPSA) is 30.5 Å². The first-order valence-corrected chi connectivity index (χ1v) is 8.42. The van der Waals surface area contributed by atoms with Crippen molar-refractivity contribution in [2.75, 3.05) is 19.0 Å². The van der Waals surface area contributed by atoms with Crippen LogP contribution in [0, 0.1) is 6.92 Å². The smallest absolute Gasteiger partial charge is 0.164 e. The molecule has 2 rings (SSSR count). The molecule has 0 unspecified atom stereocenters. The molecule has 0 aliphatic rings. The monoisotopic (exact) mass is 325 g/mol. The van der Waals surface area contributed by atoms with Crippen LogP contribution in [0.5, 0.6) is 11.5 Å². The van der Waals surface area contributed by atoms with E-state index < -0.39 is 0 Å². The highest BCUT2D eigenvalue weighted by molar-refractivity contribution is 5.52. The third-order valence-corrected chi connectivity index (χ3v) is 3.74. The van der Waals surface area contributed by atoms with E-state index in [4.69, 9.17) is 9.47 Å². The van der Waals surface area contributed by atoms with Crippen molar-refractivity contribution in [2.24, 2.45) is 0 Å². The van der Waals surface area contributed by atoms with Crippen molar-refractivity contribution in [3.8, 4) is 11.5 Å². The van der Waals surface area contributed by atoms with E-state index in [1.54, 1.807) is 7.11 Å². The van der Waals surface area contributed by atoms with Gasteiger partial charge in [0.2, 0.25) is 0 Å². The Morgan fingerprint density at radius 3 is 2.71 bits per heavy atom. The van der Waals surface area contributed by atoms with Gasteiger partial charge in [-0.05, 0) is 55.2 Å². The second kappa shape index (κ2) is 9.02. The second-order valence-electron chi connectivity index (χ2n) is 5.85. The number of hydrogen-bond donors (Lipinski definition) is 1. The number of benzene rings is 2. The molecular weight excluding hydrogens is 298 g/mol. The lowest BCUT2D eigenvalue weighted by atomic mass is 10.1. The van der Waals surface area contributed by atoms with Gasteiger partial charge in [-0.15, -0.1) is 6.58 Å². The summed E-state index contributed by atoms with van der Waals surface area (Å²) in [5, 5.41) is 3.46. The maximum absolute atomic E-state index is 5.90. The molecule has 0 amide bonds. The number of ether oxygens (including phenoxy) is 2. The number of allylic oxidation sites excluding steroid dienone is 1. The molecule has 0 fully saturated rings. The van der Waals surface area contributed by atoms with Gasteiger partial charge in [-0.1, -0.05) is 25.1 Å². The summed E-state index contributed by atoms with van der Waals surface area (Å²) >= 11 is 0. The summed E-state index contributed by atoms with van der Waals surface area (Å²) in [6.45, 7) is 9.46. The van der Waals surface area contributed by atoms with E-state index in [1.807, 2.05) is 12.1 Å². The fourth-order valence-electron chi connectivity index (χ4n) is 2.61. The van der Waals surface area contributed by atoms with E-state index in [2.05, 4.69) is 56.1 Å². The van der Waals surface area contributed by atoms with Crippen molar-refractivity contribution in [2.45, 2.75) is 33.2 Å². The highest BCUT2D eigenvalue weighted by Crippen LogP contribution is 2.34. The summed E-state index contributed by atoms with van der Waals surface area (Å²) in [4.78, 5) is 0. The Labute approximate surface area is 145 Å². The second-order valence-corrected chi connectivity index (χ2v) is 5.85. The van der Waals surface area contributed by atoms with Gasteiger partial charge in [0.25, 0.3) is 0 Å². The molecule has 2 aromatic rings. The molecule has 1 N–H and O–H groups in total. The SMILES string of the molecule is C=CCc1cc(CNc2cccc(C)c2)cc(OC)c1OCCC. The largest absolute Gasteiger partial charge is 0.493 e. The minimum absolute atomic E-state index is 0.682. The van der Waals surface area contributed by atoms with Gasteiger partial charge in [-0.3, -0.25) is 0 Å². The number of nitrogens with one attached hydrogen (secondary N) is 1. The third-order valence-electron chi connectivity index (χ3n) is 3.74. The zero-order valence-corrected chi connectivity index (χ0v) is 14.9. The molecule has 24 heavy (non-hydrogen) atoms. The predicted octanol–water partition coefficient (Wildman–Crippen LogP) is 5.13. The van der Waals surface area contributed by atoms with Gasteiger partial charge < -0.3 is 14.8 Å². The van der Waals surface area contributed by atoms with E-state index in [0.29, 0.717) is 6.61 Å². The molecule has 0 aromatic heterocycles. The Morgan fingerprint density at radius 2 is 2.04 bits per heavy atom. The maximum Gasteiger partial charge on any atom is 0.164 e. The summed E-state index contributed by atoms with van der Waals surface area (Å²) < 4.78 is 11.5. The van der Waals surface area contributed by atoms with E-state index in [-0.39, 0.29) is 0 Å². The van der Waals surface area contributed by atoms with Crippen molar-refractivity contribution in [3.63, 3.8) is 0 Å². The average molecular weight is 325 g/mol. The van der Waals surface area contributed by atoms with Gasteiger partial charge in [0.15, 0.2) is 11.5 Å². The van der Waals surface area contributed by atoms with Crippen molar-refractivity contribution < 1.29 is 9.47 Å². The first-order chi connectivity index (χ1) is 11.7. The van der Waals surface area contributed by atoms with Crippen molar-refractivity contribution >= 4 is 5.69 Å². The van der Waals surface area contributed by atoms with Crippen molar-refractivity contribution in [1.29, 1.82) is 0 Å². The van der Waals surface area contributed by atoms with Crippen LogP contribution in [0.4, 0.5) is 5.69 Å². The molecule has 0 bridgehead atoms. The van der Waals surface area contributed by atoms with Gasteiger partial charge in [-0.25, -0.2) is 0 Å². The molecule has 0 aliphatic carbocycles. The minimum Gasteiger partial charge on any atom is -0.493 e. The van der Waals surface area contributed by atoms with Crippen LogP contribution in [-0.4, -0.2) is 13.7 Å². The number of rotatable bonds is 9. The predicted molar refractivity (Wildman–Crippen MR) is 101 cm³/mol. The van der Waals surface area contributed by atoms with Crippen molar-refractivity contribution in [1.82, 2.24) is 0 Å². The van der Waals surface area contributed by atoms with Crippen LogP contribution < -0.4 is 14.8 Å². The first-order valence-electron chi connectivity index (χ1n) is 8.42. The molecule has 0 saturated heterocycles. The zero-order chi connectivity index (χ0) is 17.4. The molecule has 2 aromatic carbocycles. The summed E-state index contributed by atoms with van der Waals surface area (Å²) in [5.74, 6) is 1.61. The molecule has 0 atom stereocenters. The summed E-state index contributed by atoms with van der Waals surface area (Å²) in [6.07, 6.45) is 3.62. The van der Waals surface area contributed by atoms with E-state index in [1.165, 1.54) is 5.56 Å². The number of methoxy groups -OCH3 is 1. The zero-order valence-electron chi connectivity index (χ0n) is 14.9. The molecule has 128 valence electrons. The van der Waals surface area contributed by atoms with Crippen LogP contribution in [0.1, 0.15) is 30.0 Å². The van der Waals surface area contributed by atoms with E-state index in [0.717, 1.165) is 47.7 Å². The van der Waals surface area contributed by atoms with Gasteiger partial charge in [0, 0.05) is 17.8 Å². The molecule has 0 radical (unpaired) electrons. The van der Waals surface area contributed by atoms with Gasteiger partial charge in [-0.2, -0.15) is 0 Å². The highest BCUT2D eigenvalue weighted by atomic mass is 16.5. The molecule has 3 heteroatoms. The van der Waals surface area contributed by atoms with Crippen LogP contribution >= 0.6 is 0 Å². The number of aryl methyl sites for hydroxylation is 1. The average Bonchev–Trinajstić information content (AvgIpc) is 2.59.